The van der Waals surface area contributed by atoms with E-state index in [0.29, 0.717) is 17.7 Å². The van der Waals surface area contributed by atoms with E-state index in [-0.39, 0.29) is 23.8 Å². The highest BCUT2D eigenvalue weighted by molar-refractivity contribution is 5.94. The normalized spacial score (nSPS) is 11.3. The van der Waals surface area contributed by atoms with Crippen LogP contribution in [-0.2, 0) is 4.79 Å². The van der Waals surface area contributed by atoms with Crippen molar-refractivity contribution in [1.82, 2.24) is 15.1 Å². The second-order valence-corrected chi connectivity index (χ2v) is 6.31. The fourth-order valence-corrected chi connectivity index (χ4v) is 2.26. The first-order valence-corrected chi connectivity index (χ1v) is 7.54. The number of aryl methyl sites for hydroxylation is 1. The van der Waals surface area contributed by atoms with Crippen molar-refractivity contribution >= 4 is 11.9 Å². The lowest BCUT2D eigenvalue weighted by molar-refractivity contribution is -0.137. The van der Waals surface area contributed by atoms with Gasteiger partial charge < -0.3 is 10.4 Å². The molecule has 0 atom stereocenters. The molecule has 1 aromatic heterocycles. The predicted molar refractivity (Wildman–Crippen MR) is 86.7 cm³/mol. The van der Waals surface area contributed by atoms with Crippen LogP contribution in [-0.4, -0.2) is 32.3 Å². The van der Waals surface area contributed by atoms with E-state index in [1.54, 1.807) is 39.1 Å². The lowest BCUT2D eigenvalue weighted by Gasteiger charge is -2.25. The maximum Gasteiger partial charge on any atom is 0.303 e. The monoisotopic (exact) mass is 333 g/mol. The van der Waals surface area contributed by atoms with Crippen LogP contribution < -0.4 is 5.32 Å². The summed E-state index contributed by atoms with van der Waals surface area (Å²) in [6, 6.07) is 5.78. The van der Waals surface area contributed by atoms with Crippen molar-refractivity contribution < 1.29 is 19.1 Å². The van der Waals surface area contributed by atoms with E-state index in [0.717, 1.165) is 0 Å². The molecule has 24 heavy (non-hydrogen) atoms. The summed E-state index contributed by atoms with van der Waals surface area (Å²) in [5.74, 6) is -1.63. The first-order valence-electron chi connectivity index (χ1n) is 7.54. The predicted octanol–water partition coefficient (Wildman–Crippen LogP) is 2.69. The zero-order valence-electron chi connectivity index (χ0n) is 13.8. The maximum absolute atomic E-state index is 13.0. The third-order valence-corrected chi connectivity index (χ3v) is 3.62. The van der Waals surface area contributed by atoms with Crippen LogP contribution in [0.1, 0.15) is 42.7 Å². The molecule has 6 nitrogen and oxygen atoms in total. The topological polar surface area (TPSA) is 84.2 Å². The van der Waals surface area contributed by atoms with Gasteiger partial charge in [-0.1, -0.05) is 0 Å². The molecule has 0 aliphatic heterocycles. The zero-order chi connectivity index (χ0) is 17.9. The van der Waals surface area contributed by atoms with E-state index in [9.17, 15) is 14.0 Å². The van der Waals surface area contributed by atoms with Gasteiger partial charge in [-0.05, 0) is 51.5 Å². The number of carboxylic acids is 1. The number of amides is 1. The number of aromatic nitrogens is 2. The number of benzene rings is 1. The maximum atomic E-state index is 13.0. The number of nitrogens with one attached hydrogen (secondary N) is 1. The fraction of sp³-hybridized carbons (Fsp3) is 0.353. The van der Waals surface area contributed by atoms with Crippen molar-refractivity contribution in [2.75, 3.05) is 0 Å². The Labute approximate surface area is 139 Å². The Morgan fingerprint density at radius 2 is 1.92 bits per heavy atom. The summed E-state index contributed by atoms with van der Waals surface area (Å²) in [6.45, 7) is 5.28. The molecule has 1 amide bonds. The van der Waals surface area contributed by atoms with Gasteiger partial charge in [-0.15, -0.1) is 0 Å². The van der Waals surface area contributed by atoms with Crippen LogP contribution in [0.4, 0.5) is 4.39 Å². The number of hydrogen-bond acceptors (Lipinski definition) is 3. The van der Waals surface area contributed by atoms with Crippen molar-refractivity contribution in [3.05, 3.63) is 47.5 Å². The average Bonchev–Trinajstić information content (AvgIpc) is 2.88. The van der Waals surface area contributed by atoms with Gasteiger partial charge in [-0.25, -0.2) is 9.07 Å². The Kier molecular flexibility index (Phi) is 5.02. The van der Waals surface area contributed by atoms with Gasteiger partial charge in [-0.3, -0.25) is 9.59 Å². The molecule has 0 aliphatic carbocycles. The molecule has 1 heterocycles. The van der Waals surface area contributed by atoms with E-state index >= 15 is 0 Å². The molecule has 128 valence electrons. The number of halogens is 1. The minimum Gasteiger partial charge on any atom is -0.481 e. The van der Waals surface area contributed by atoms with Crippen molar-refractivity contribution in [1.29, 1.82) is 0 Å². The molecule has 0 spiro atoms. The molecule has 2 N–H and O–H groups in total. The third kappa shape index (κ3) is 4.41. The number of nitrogens with zero attached hydrogens (tertiary/aromatic N) is 2. The van der Waals surface area contributed by atoms with Crippen LogP contribution >= 0.6 is 0 Å². The lowest BCUT2D eigenvalue weighted by atomic mass is 9.98. The Hall–Kier alpha value is -2.70. The van der Waals surface area contributed by atoms with Gasteiger partial charge in [-0.2, -0.15) is 5.10 Å². The highest BCUT2D eigenvalue weighted by Crippen LogP contribution is 2.16. The van der Waals surface area contributed by atoms with E-state index in [1.165, 1.54) is 16.8 Å². The largest absolute Gasteiger partial charge is 0.481 e. The van der Waals surface area contributed by atoms with Crippen LogP contribution in [0, 0.1) is 12.7 Å². The van der Waals surface area contributed by atoms with Crippen LogP contribution in [0.15, 0.2) is 30.5 Å². The molecule has 0 bridgehead atoms. The summed E-state index contributed by atoms with van der Waals surface area (Å²) in [5.41, 5.74) is 0.902. The smallest absolute Gasteiger partial charge is 0.303 e. The molecule has 0 unspecified atom stereocenters. The van der Waals surface area contributed by atoms with E-state index in [2.05, 4.69) is 10.4 Å². The van der Waals surface area contributed by atoms with Gasteiger partial charge in [0.05, 0.1) is 5.69 Å². The molecule has 0 radical (unpaired) electrons. The van der Waals surface area contributed by atoms with Gasteiger partial charge >= 0.3 is 5.97 Å². The van der Waals surface area contributed by atoms with E-state index in [4.69, 9.17) is 5.11 Å². The van der Waals surface area contributed by atoms with Gasteiger partial charge in [0, 0.05) is 23.7 Å². The van der Waals surface area contributed by atoms with Crippen molar-refractivity contribution in [2.45, 2.75) is 39.2 Å². The van der Waals surface area contributed by atoms with Crippen LogP contribution in [0.3, 0.4) is 0 Å². The number of carboxylic acid groups (broad SMARTS) is 1. The second-order valence-electron chi connectivity index (χ2n) is 6.31. The molecule has 7 heteroatoms. The van der Waals surface area contributed by atoms with Crippen molar-refractivity contribution in [3.8, 4) is 5.69 Å². The summed E-state index contributed by atoms with van der Waals surface area (Å²) in [5, 5.41) is 15.8. The Morgan fingerprint density at radius 1 is 1.29 bits per heavy atom. The summed E-state index contributed by atoms with van der Waals surface area (Å²) in [4.78, 5) is 23.1. The van der Waals surface area contributed by atoms with Gasteiger partial charge in [0.25, 0.3) is 5.91 Å². The summed E-state index contributed by atoms with van der Waals surface area (Å²) < 4.78 is 14.5. The number of rotatable bonds is 6. The van der Waals surface area contributed by atoms with Gasteiger partial charge in [0.15, 0.2) is 5.69 Å². The number of aliphatic carboxylic acids is 1. The summed E-state index contributed by atoms with van der Waals surface area (Å²) >= 11 is 0. The molecule has 2 rings (SSSR count). The Bertz CT molecular complexity index is 751. The van der Waals surface area contributed by atoms with Crippen LogP contribution in [0.5, 0.6) is 0 Å². The van der Waals surface area contributed by atoms with Gasteiger partial charge in [0.1, 0.15) is 5.82 Å². The first kappa shape index (κ1) is 17.7. The second kappa shape index (κ2) is 6.82. The van der Waals surface area contributed by atoms with Gasteiger partial charge in [0.2, 0.25) is 0 Å². The Balaban J connectivity index is 2.15. The molecule has 2 aromatic rings. The molecule has 0 saturated carbocycles. The molecular weight excluding hydrogens is 313 g/mol. The molecule has 1 aromatic carbocycles. The average molecular weight is 333 g/mol. The van der Waals surface area contributed by atoms with Crippen LogP contribution in [0.2, 0.25) is 0 Å². The van der Waals surface area contributed by atoms with Crippen molar-refractivity contribution in [3.63, 3.8) is 0 Å². The minimum atomic E-state index is -0.908. The summed E-state index contributed by atoms with van der Waals surface area (Å²) in [7, 11) is 0. The van der Waals surface area contributed by atoms with E-state index < -0.39 is 11.5 Å². The first-order chi connectivity index (χ1) is 11.2. The minimum absolute atomic E-state index is 0.0315. The summed E-state index contributed by atoms with van der Waals surface area (Å²) in [6.07, 6.45) is 1.97. The quantitative estimate of drug-likeness (QED) is 0.851. The molecular formula is C17H20FN3O3. The van der Waals surface area contributed by atoms with Crippen molar-refractivity contribution in [2.24, 2.45) is 0 Å². The Morgan fingerprint density at radius 3 is 2.50 bits per heavy atom. The molecule has 0 saturated heterocycles. The molecule has 0 aliphatic rings. The van der Waals surface area contributed by atoms with E-state index in [1.807, 2.05) is 0 Å². The number of hydrogen-bond donors (Lipinski definition) is 2. The lowest BCUT2D eigenvalue weighted by Crippen LogP contribution is -2.44. The fourth-order valence-electron chi connectivity index (χ4n) is 2.26. The van der Waals surface area contributed by atoms with Crippen LogP contribution in [0.25, 0.3) is 5.69 Å². The zero-order valence-corrected chi connectivity index (χ0v) is 13.8. The number of carbonyl (C=O) groups is 2. The highest BCUT2D eigenvalue weighted by atomic mass is 19.1. The molecule has 0 fully saturated rings. The SMILES string of the molecule is Cc1cn(-c2ccc(F)cc2)nc1C(=O)NC(C)(C)CCC(=O)O. The third-order valence-electron chi connectivity index (χ3n) is 3.62. The highest BCUT2D eigenvalue weighted by Gasteiger charge is 2.24. The number of carbonyl (C=O) groups excluding carboxylic acids is 1. The standard InChI is InChI=1S/C17H20FN3O3/c1-11-10-21(13-6-4-12(18)5-7-13)20-15(11)16(24)19-17(2,3)9-8-14(22)23/h4-7,10H,8-9H2,1-3H3,(H,19,24)(H,22,23).